The third kappa shape index (κ3) is 5.26. The number of rotatable bonds is 4. The van der Waals surface area contributed by atoms with Crippen LogP contribution in [0.15, 0.2) is 59.7 Å². The SMILES string of the molecule is CN1CCN(c2ccc(/C=C3/CC/C(=C/c4ccc(N5CCN(C)CC5)cc4)C3=O)cc2)CC1. The molecular formula is C29H36N4O. The first-order chi connectivity index (χ1) is 16.5. The Balaban J connectivity index is 1.22. The van der Waals surface area contributed by atoms with Crippen LogP contribution < -0.4 is 9.80 Å². The third-order valence-corrected chi connectivity index (χ3v) is 7.45. The van der Waals surface area contributed by atoms with Crippen LogP contribution in [0.3, 0.4) is 0 Å². The van der Waals surface area contributed by atoms with Gasteiger partial charge in [0, 0.05) is 74.9 Å². The smallest absolute Gasteiger partial charge is 0.185 e. The number of piperazine rings is 2. The zero-order chi connectivity index (χ0) is 23.5. The highest BCUT2D eigenvalue weighted by Crippen LogP contribution is 2.30. The van der Waals surface area contributed by atoms with Gasteiger partial charge in [0.2, 0.25) is 0 Å². The molecule has 3 aliphatic rings. The number of carbonyl (C=O) groups excluding carboxylic acids is 1. The molecule has 2 aliphatic heterocycles. The molecule has 2 saturated heterocycles. The maximum atomic E-state index is 13.0. The van der Waals surface area contributed by atoms with Crippen molar-refractivity contribution < 1.29 is 4.79 Å². The Kier molecular flexibility index (Phi) is 6.84. The van der Waals surface area contributed by atoms with Crippen LogP contribution in [0.2, 0.25) is 0 Å². The Morgan fingerprint density at radius 1 is 0.559 bits per heavy atom. The van der Waals surface area contributed by atoms with E-state index in [9.17, 15) is 4.79 Å². The Morgan fingerprint density at radius 3 is 1.26 bits per heavy atom. The number of carbonyl (C=O) groups is 1. The van der Waals surface area contributed by atoms with Crippen molar-refractivity contribution in [3.05, 3.63) is 70.8 Å². The Labute approximate surface area is 203 Å². The second-order valence-corrected chi connectivity index (χ2v) is 9.93. The highest BCUT2D eigenvalue weighted by Gasteiger charge is 2.23. The molecular weight excluding hydrogens is 420 g/mol. The van der Waals surface area contributed by atoms with Crippen LogP contribution in [-0.4, -0.2) is 82.0 Å². The fourth-order valence-corrected chi connectivity index (χ4v) is 5.07. The van der Waals surface area contributed by atoms with E-state index in [0.717, 1.165) is 87.5 Å². The van der Waals surface area contributed by atoms with E-state index in [-0.39, 0.29) is 5.78 Å². The Hall–Kier alpha value is -2.89. The molecule has 1 aliphatic carbocycles. The Bertz CT molecular complexity index is 969. The summed E-state index contributed by atoms with van der Waals surface area (Å²) in [6, 6.07) is 17.3. The number of benzene rings is 2. The molecule has 0 N–H and O–H groups in total. The summed E-state index contributed by atoms with van der Waals surface area (Å²) in [5.41, 5.74) is 6.61. The zero-order valence-corrected chi connectivity index (χ0v) is 20.5. The average Bonchev–Trinajstić information content (AvgIpc) is 3.20. The molecule has 0 atom stereocenters. The largest absolute Gasteiger partial charge is 0.369 e. The number of ketones is 1. The van der Waals surface area contributed by atoms with E-state index in [2.05, 4.69) is 94.4 Å². The van der Waals surface area contributed by atoms with Crippen LogP contribution in [0, 0.1) is 0 Å². The number of likely N-dealkylation sites (N-methyl/N-ethyl adjacent to an activating group) is 2. The van der Waals surface area contributed by atoms with Gasteiger partial charge in [0.1, 0.15) is 0 Å². The molecule has 178 valence electrons. The molecule has 3 fully saturated rings. The molecule has 5 heteroatoms. The average molecular weight is 457 g/mol. The van der Waals surface area contributed by atoms with E-state index in [1.165, 1.54) is 11.4 Å². The van der Waals surface area contributed by atoms with Gasteiger partial charge in [-0.3, -0.25) is 4.79 Å². The van der Waals surface area contributed by atoms with Gasteiger partial charge >= 0.3 is 0 Å². The van der Waals surface area contributed by atoms with Gasteiger partial charge in [-0.2, -0.15) is 0 Å². The molecule has 0 aromatic heterocycles. The highest BCUT2D eigenvalue weighted by atomic mass is 16.1. The van der Waals surface area contributed by atoms with Crippen LogP contribution in [0.5, 0.6) is 0 Å². The third-order valence-electron chi connectivity index (χ3n) is 7.45. The lowest BCUT2D eigenvalue weighted by Gasteiger charge is -2.34. The first-order valence-electron chi connectivity index (χ1n) is 12.6. The molecule has 2 heterocycles. The van der Waals surface area contributed by atoms with E-state index in [1.807, 2.05) is 0 Å². The summed E-state index contributed by atoms with van der Waals surface area (Å²) >= 11 is 0. The van der Waals surface area contributed by atoms with E-state index in [4.69, 9.17) is 0 Å². The van der Waals surface area contributed by atoms with Crippen molar-refractivity contribution in [3.8, 4) is 0 Å². The predicted octanol–water partition coefficient (Wildman–Crippen LogP) is 4.02. The Morgan fingerprint density at radius 2 is 0.912 bits per heavy atom. The highest BCUT2D eigenvalue weighted by molar-refractivity contribution is 6.15. The maximum absolute atomic E-state index is 13.0. The van der Waals surface area contributed by atoms with E-state index in [0.29, 0.717) is 0 Å². The van der Waals surface area contributed by atoms with Crippen molar-refractivity contribution in [2.24, 2.45) is 0 Å². The van der Waals surface area contributed by atoms with Crippen molar-refractivity contribution in [1.29, 1.82) is 0 Å². The summed E-state index contributed by atoms with van der Waals surface area (Å²) in [5.74, 6) is 0.200. The molecule has 0 bridgehead atoms. The van der Waals surface area contributed by atoms with Gasteiger partial charge in [0.15, 0.2) is 5.78 Å². The molecule has 0 spiro atoms. The van der Waals surface area contributed by atoms with E-state index in [1.54, 1.807) is 0 Å². The van der Waals surface area contributed by atoms with Crippen molar-refractivity contribution in [1.82, 2.24) is 9.80 Å². The first kappa shape index (κ1) is 22.9. The van der Waals surface area contributed by atoms with E-state index >= 15 is 0 Å². The number of Topliss-reactive ketones (excluding diaryl/α,β-unsaturated/α-hetero) is 1. The maximum Gasteiger partial charge on any atom is 0.185 e. The number of anilines is 2. The second-order valence-electron chi connectivity index (χ2n) is 9.93. The monoisotopic (exact) mass is 456 g/mol. The van der Waals surface area contributed by atoms with Crippen molar-refractivity contribution >= 4 is 29.3 Å². The molecule has 34 heavy (non-hydrogen) atoms. The fourth-order valence-electron chi connectivity index (χ4n) is 5.07. The van der Waals surface area contributed by atoms with E-state index < -0.39 is 0 Å². The summed E-state index contributed by atoms with van der Waals surface area (Å²) < 4.78 is 0. The van der Waals surface area contributed by atoms with Crippen molar-refractivity contribution in [2.45, 2.75) is 12.8 Å². The number of allylic oxidation sites excluding steroid dienone is 2. The minimum Gasteiger partial charge on any atom is -0.369 e. The topological polar surface area (TPSA) is 30.0 Å². The number of hydrogen-bond acceptors (Lipinski definition) is 5. The van der Waals surface area contributed by atoms with Crippen LogP contribution >= 0.6 is 0 Å². The number of hydrogen-bond donors (Lipinski definition) is 0. The summed E-state index contributed by atoms with van der Waals surface area (Å²) in [4.78, 5) is 22.7. The van der Waals surface area contributed by atoms with Gasteiger partial charge < -0.3 is 19.6 Å². The van der Waals surface area contributed by atoms with Crippen LogP contribution in [0.25, 0.3) is 12.2 Å². The van der Waals surface area contributed by atoms with Crippen LogP contribution in [0.1, 0.15) is 24.0 Å². The lowest BCUT2D eigenvalue weighted by Crippen LogP contribution is -2.44. The van der Waals surface area contributed by atoms with Gasteiger partial charge in [-0.05, 0) is 74.5 Å². The summed E-state index contributed by atoms with van der Waals surface area (Å²) in [6.07, 6.45) is 5.80. The van der Waals surface area contributed by atoms with Gasteiger partial charge in [0.05, 0.1) is 0 Å². The molecule has 0 radical (unpaired) electrons. The summed E-state index contributed by atoms with van der Waals surface area (Å²) in [5, 5.41) is 0. The van der Waals surface area contributed by atoms with Crippen LogP contribution in [0.4, 0.5) is 11.4 Å². The molecule has 2 aromatic rings. The minimum absolute atomic E-state index is 0.200. The van der Waals surface area contributed by atoms with Gasteiger partial charge in [0.25, 0.3) is 0 Å². The predicted molar refractivity (Wildman–Crippen MR) is 142 cm³/mol. The first-order valence-corrected chi connectivity index (χ1v) is 12.6. The molecule has 0 unspecified atom stereocenters. The quantitative estimate of drug-likeness (QED) is 0.649. The van der Waals surface area contributed by atoms with Gasteiger partial charge in [-0.1, -0.05) is 24.3 Å². The zero-order valence-electron chi connectivity index (χ0n) is 20.5. The summed E-state index contributed by atoms with van der Waals surface area (Å²) in [7, 11) is 4.36. The van der Waals surface area contributed by atoms with Crippen LogP contribution in [-0.2, 0) is 4.79 Å². The second kappa shape index (κ2) is 10.2. The standard InChI is InChI=1S/C29H36N4O/c1-30-13-17-32(18-14-30)27-9-3-23(4-10-27)21-25-7-8-26(29(25)34)22-24-5-11-28(12-6-24)33-19-15-31(2)16-20-33/h3-6,9-12,21-22H,7-8,13-20H2,1-2H3/b25-21-,26-22-. The molecule has 0 amide bonds. The molecule has 1 saturated carbocycles. The molecule has 2 aromatic carbocycles. The lowest BCUT2D eigenvalue weighted by molar-refractivity contribution is -0.111. The number of nitrogens with zero attached hydrogens (tertiary/aromatic N) is 4. The van der Waals surface area contributed by atoms with Gasteiger partial charge in [-0.25, -0.2) is 0 Å². The molecule has 5 nitrogen and oxygen atoms in total. The summed E-state index contributed by atoms with van der Waals surface area (Å²) in [6.45, 7) is 8.70. The van der Waals surface area contributed by atoms with Crippen molar-refractivity contribution in [3.63, 3.8) is 0 Å². The fraction of sp³-hybridized carbons (Fsp3) is 0.414. The normalized spacial score (nSPS) is 22.8. The minimum atomic E-state index is 0.200. The lowest BCUT2D eigenvalue weighted by atomic mass is 10.1. The molecule has 5 rings (SSSR count). The van der Waals surface area contributed by atoms with Gasteiger partial charge in [-0.15, -0.1) is 0 Å². The van der Waals surface area contributed by atoms with Crippen molar-refractivity contribution in [2.75, 3.05) is 76.3 Å².